The molecule has 5 aromatic rings. The van der Waals surface area contributed by atoms with E-state index in [1.54, 1.807) is 5.48 Å². The number of hydroxylamine groups is 1. The Hall–Kier alpha value is -5.16. The van der Waals surface area contributed by atoms with Gasteiger partial charge < -0.3 is 19.9 Å². The number of unbranched alkanes of at least 4 members (excludes halogenated alkanes) is 3. The fourth-order valence-corrected chi connectivity index (χ4v) is 7.23. The fourth-order valence-electron chi connectivity index (χ4n) is 7.23. The fraction of sp³-hybridized carbons (Fsp3) is 0.319. The van der Waals surface area contributed by atoms with Gasteiger partial charge in [-0.25, -0.2) is 5.48 Å². The third-order valence-electron chi connectivity index (χ3n) is 10.2. The Labute approximate surface area is 330 Å². The topological polar surface area (TPSA) is 120 Å². The van der Waals surface area contributed by atoms with Gasteiger partial charge in [0.2, 0.25) is 11.8 Å². The SMILES string of the molecule is O=C(CCCCCCC(=O)NCc1ccccc1-c1ccc([C@@H]2O[C@H](CN(Cc3ccccc3)Cc3ccccc3)C[C@H](c3ccc(CO)cc3)O2)cc1)NO. The molecule has 3 atom stereocenters. The molecule has 0 saturated carbocycles. The molecule has 9 heteroatoms. The van der Waals surface area contributed by atoms with Crippen molar-refractivity contribution in [1.82, 2.24) is 15.7 Å². The Morgan fingerprint density at radius 3 is 1.86 bits per heavy atom. The van der Waals surface area contributed by atoms with Crippen LogP contribution >= 0.6 is 0 Å². The van der Waals surface area contributed by atoms with Crippen molar-refractivity contribution in [3.63, 3.8) is 0 Å². The second-order valence-corrected chi connectivity index (χ2v) is 14.5. The minimum Gasteiger partial charge on any atom is -0.392 e. The maximum absolute atomic E-state index is 12.7. The van der Waals surface area contributed by atoms with E-state index in [0.717, 1.165) is 72.3 Å². The highest BCUT2D eigenvalue weighted by Gasteiger charge is 2.33. The number of amides is 2. The molecule has 0 aliphatic carbocycles. The summed E-state index contributed by atoms with van der Waals surface area (Å²) in [6.07, 6.45) is 3.62. The maximum Gasteiger partial charge on any atom is 0.243 e. The first-order valence-electron chi connectivity index (χ1n) is 19.7. The van der Waals surface area contributed by atoms with Crippen molar-refractivity contribution in [2.75, 3.05) is 6.54 Å². The molecule has 1 fully saturated rings. The molecule has 0 bridgehead atoms. The number of hydrogen-bond donors (Lipinski definition) is 4. The van der Waals surface area contributed by atoms with Gasteiger partial charge >= 0.3 is 0 Å². The normalized spacial score (nSPS) is 16.7. The lowest BCUT2D eigenvalue weighted by atomic mass is 9.97. The highest BCUT2D eigenvalue weighted by molar-refractivity contribution is 5.76. The quantitative estimate of drug-likeness (QED) is 0.0379. The number of benzene rings is 5. The number of carbonyl (C=O) groups excluding carboxylic acids is 2. The van der Waals surface area contributed by atoms with Crippen LogP contribution in [0.25, 0.3) is 11.1 Å². The van der Waals surface area contributed by atoms with Crippen LogP contribution in [0.3, 0.4) is 0 Å². The summed E-state index contributed by atoms with van der Waals surface area (Å²) in [6, 6.07) is 45.5. The predicted molar refractivity (Wildman–Crippen MR) is 217 cm³/mol. The average molecular weight is 756 g/mol. The van der Waals surface area contributed by atoms with Crippen LogP contribution in [0.5, 0.6) is 0 Å². The van der Waals surface area contributed by atoms with Gasteiger partial charge in [-0.15, -0.1) is 0 Å². The molecule has 1 aliphatic rings. The van der Waals surface area contributed by atoms with E-state index in [1.165, 1.54) is 11.1 Å². The zero-order valence-electron chi connectivity index (χ0n) is 31.9. The van der Waals surface area contributed by atoms with E-state index in [9.17, 15) is 14.7 Å². The van der Waals surface area contributed by atoms with Crippen molar-refractivity contribution >= 4 is 11.8 Å². The van der Waals surface area contributed by atoms with Gasteiger partial charge in [0.25, 0.3) is 0 Å². The van der Waals surface area contributed by atoms with E-state index in [-0.39, 0.29) is 37.0 Å². The van der Waals surface area contributed by atoms with Crippen LogP contribution in [0.15, 0.2) is 133 Å². The van der Waals surface area contributed by atoms with Gasteiger partial charge in [-0.2, -0.15) is 0 Å². The summed E-state index contributed by atoms with van der Waals surface area (Å²) in [6.45, 7) is 2.71. The average Bonchev–Trinajstić information content (AvgIpc) is 3.24. The number of rotatable bonds is 19. The number of hydrogen-bond acceptors (Lipinski definition) is 7. The summed E-state index contributed by atoms with van der Waals surface area (Å²) in [5.41, 5.74) is 10.1. The van der Waals surface area contributed by atoms with E-state index in [0.29, 0.717) is 25.8 Å². The van der Waals surface area contributed by atoms with Crippen LogP contribution < -0.4 is 10.8 Å². The third kappa shape index (κ3) is 12.2. The van der Waals surface area contributed by atoms with Gasteiger partial charge in [-0.3, -0.25) is 19.7 Å². The zero-order chi connectivity index (χ0) is 39.0. The number of nitrogens with one attached hydrogen (secondary N) is 2. The number of carbonyl (C=O) groups is 2. The molecule has 6 rings (SSSR count). The third-order valence-corrected chi connectivity index (χ3v) is 10.2. The first kappa shape index (κ1) is 40.5. The summed E-state index contributed by atoms with van der Waals surface area (Å²) in [5.74, 6) is -0.386. The second kappa shape index (κ2) is 21.2. The zero-order valence-corrected chi connectivity index (χ0v) is 31.9. The lowest BCUT2D eigenvalue weighted by molar-refractivity contribution is -0.253. The van der Waals surface area contributed by atoms with E-state index in [4.69, 9.17) is 14.7 Å². The smallest absolute Gasteiger partial charge is 0.243 e. The largest absolute Gasteiger partial charge is 0.392 e. The summed E-state index contributed by atoms with van der Waals surface area (Å²) < 4.78 is 13.5. The second-order valence-electron chi connectivity index (χ2n) is 14.5. The Balaban J connectivity index is 1.14. The number of ether oxygens (including phenoxy) is 2. The summed E-state index contributed by atoms with van der Waals surface area (Å²) >= 11 is 0. The Kier molecular flexibility index (Phi) is 15.4. The summed E-state index contributed by atoms with van der Waals surface area (Å²) in [7, 11) is 0. The molecule has 2 amide bonds. The molecule has 0 unspecified atom stereocenters. The maximum atomic E-state index is 12.7. The molecule has 1 heterocycles. The Bertz CT molecular complexity index is 1900. The molecule has 0 spiro atoms. The molecule has 56 heavy (non-hydrogen) atoms. The highest BCUT2D eigenvalue weighted by atomic mass is 16.7. The Morgan fingerprint density at radius 1 is 0.643 bits per heavy atom. The first-order chi connectivity index (χ1) is 27.5. The van der Waals surface area contributed by atoms with Gasteiger partial charge in [-0.1, -0.05) is 146 Å². The molecule has 0 radical (unpaired) electrons. The minimum absolute atomic E-state index is 0.00365. The van der Waals surface area contributed by atoms with Gasteiger partial charge in [0.15, 0.2) is 6.29 Å². The predicted octanol–water partition coefficient (Wildman–Crippen LogP) is 8.56. The van der Waals surface area contributed by atoms with Gasteiger partial charge in [0, 0.05) is 51.0 Å². The van der Waals surface area contributed by atoms with Gasteiger partial charge in [0.05, 0.1) is 18.8 Å². The molecule has 5 aromatic carbocycles. The van der Waals surface area contributed by atoms with Gasteiger partial charge in [0.1, 0.15) is 0 Å². The first-order valence-corrected chi connectivity index (χ1v) is 19.7. The van der Waals surface area contributed by atoms with Gasteiger partial charge in [-0.05, 0) is 51.8 Å². The molecule has 9 nitrogen and oxygen atoms in total. The van der Waals surface area contributed by atoms with E-state index >= 15 is 0 Å². The molecular formula is C47H53N3O6. The lowest BCUT2D eigenvalue weighted by Crippen LogP contribution is -2.39. The van der Waals surface area contributed by atoms with Crippen LogP contribution in [0.4, 0.5) is 0 Å². The number of nitrogens with zero attached hydrogens (tertiary/aromatic N) is 1. The van der Waals surface area contributed by atoms with Crippen molar-refractivity contribution in [1.29, 1.82) is 0 Å². The van der Waals surface area contributed by atoms with Crippen LogP contribution in [-0.4, -0.2) is 39.7 Å². The molecule has 4 N–H and O–H groups in total. The molecule has 0 aromatic heterocycles. The van der Waals surface area contributed by atoms with Crippen molar-refractivity contribution in [3.8, 4) is 11.1 Å². The van der Waals surface area contributed by atoms with Crippen LogP contribution in [-0.2, 0) is 45.3 Å². The van der Waals surface area contributed by atoms with Crippen LogP contribution in [0, 0.1) is 0 Å². The molecular weight excluding hydrogens is 703 g/mol. The summed E-state index contributed by atoms with van der Waals surface area (Å²) in [5, 5.41) is 21.4. The van der Waals surface area contributed by atoms with Crippen molar-refractivity contribution in [2.24, 2.45) is 0 Å². The van der Waals surface area contributed by atoms with Crippen LogP contribution in [0.2, 0.25) is 0 Å². The lowest BCUT2D eigenvalue weighted by Gasteiger charge is -2.38. The highest BCUT2D eigenvalue weighted by Crippen LogP contribution is 2.39. The van der Waals surface area contributed by atoms with Crippen molar-refractivity contribution in [3.05, 3.63) is 167 Å². The molecule has 1 aliphatic heterocycles. The van der Waals surface area contributed by atoms with Crippen molar-refractivity contribution < 1.29 is 29.4 Å². The minimum atomic E-state index is -0.581. The number of aliphatic hydroxyl groups excluding tert-OH is 1. The Morgan fingerprint density at radius 2 is 1.23 bits per heavy atom. The standard InChI is InChI=1S/C47H53N3O6/c51-34-37-21-23-39(24-22-37)44-29-42(33-50(31-35-13-5-3-6-14-35)32-36-15-7-4-8-16-36)55-47(56-44)40-27-25-38(26-28-40)43-18-12-11-17-41(43)30-48-45(52)19-9-1-2-10-20-46(53)49-54/h3-8,11-18,21-28,42,44,47,51,54H,1-2,9-10,19-20,29-34H2,(H,48,52)(H,49,53)/t42-,44+,47+/m0/s1. The van der Waals surface area contributed by atoms with E-state index in [1.807, 2.05) is 54.6 Å². The monoisotopic (exact) mass is 755 g/mol. The van der Waals surface area contributed by atoms with Crippen molar-refractivity contribution in [2.45, 2.75) is 89.7 Å². The molecule has 292 valence electrons. The van der Waals surface area contributed by atoms with Crippen LogP contribution in [0.1, 0.15) is 90.7 Å². The summed E-state index contributed by atoms with van der Waals surface area (Å²) in [4.78, 5) is 26.3. The number of aliphatic hydroxyl groups is 1. The van der Waals surface area contributed by atoms with E-state index < -0.39 is 6.29 Å². The van der Waals surface area contributed by atoms with E-state index in [2.05, 4.69) is 89.1 Å². The molecule has 1 saturated heterocycles.